The lowest BCUT2D eigenvalue weighted by atomic mass is 10.2. The van der Waals surface area contributed by atoms with Gasteiger partial charge in [-0.3, -0.25) is 0 Å². The first-order valence-electron chi connectivity index (χ1n) is 5.27. The van der Waals surface area contributed by atoms with Gasteiger partial charge in [-0.2, -0.15) is 0 Å². The van der Waals surface area contributed by atoms with E-state index >= 15 is 0 Å². The Balaban J connectivity index is 2.02. The fraction of sp³-hybridized carbons (Fsp3) is 0.900. The van der Waals surface area contributed by atoms with Gasteiger partial charge in [0.2, 0.25) is 0 Å². The Morgan fingerprint density at radius 1 is 1.57 bits per heavy atom. The predicted molar refractivity (Wildman–Crippen MR) is 62.5 cm³/mol. The van der Waals surface area contributed by atoms with Crippen LogP contribution in [0.4, 0.5) is 0 Å². The van der Waals surface area contributed by atoms with Crippen molar-refractivity contribution >= 4 is 17.2 Å². The number of thiocarbonyl (C=S) groups is 1. The molecule has 0 aliphatic carbocycles. The van der Waals surface area contributed by atoms with Crippen LogP contribution in [0.15, 0.2) is 0 Å². The van der Waals surface area contributed by atoms with Crippen LogP contribution in [0, 0.1) is 0 Å². The minimum absolute atomic E-state index is 0.488. The molecule has 0 saturated carbocycles. The zero-order chi connectivity index (χ0) is 10.4. The van der Waals surface area contributed by atoms with E-state index in [1.54, 1.807) is 0 Å². The molecule has 0 aromatic rings. The molecular formula is C10H20N2OS. The first-order valence-corrected chi connectivity index (χ1v) is 5.68. The molecule has 0 spiro atoms. The van der Waals surface area contributed by atoms with Crippen molar-refractivity contribution in [3.8, 4) is 0 Å². The van der Waals surface area contributed by atoms with Crippen LogP contribution >= 0.6 is 12.2 Å². The zero-order valence-corrected chi connectivity index (χ0v) is 9.68. The average Bonchev–Trinajstić information content (AvgIpc) is 2.63. The highest BCUT2D eigenvalue weighted by molar-refractivity contribution is 7.80. The molecule has 1 aliphatic heterocycles. The van der Waals surface area contributed by atoms with E-state index in [-0.39, 0.29) is 0 Å². The highest BCUT2D eigenvalue weighted by Crippen LogP contribution is 2.15. The molecule has 1 atom stereocenters. The van der Waals surface area contributed by atoms with Crippen molar-refractivity contribution in [3.05, 3.63) is 0 Å². The standard InChI is InChI=1S/C10H20N2OS/c1-12(7-5-10(11)14)6-4-9-3-2-8-13-9/h9H,2-8H2,1H3,(H2,11,14). The summed E-state index contributed by atoms with van der Waals surface area (Å²) in [4.78, 5) is 2.87. The van der Waals surface area contributed by atoms with Crippen LogP contribution in [-0.4, -0.2) is 42.7 Å². The third kappa shape index (κ3) is 4.88. The molecule has 3 nitrogen and oxygen atoms in total. The maximum absolute atomic E-state index is 5.55. The summed E-state index contributed by atoms with van der Waals surface area (Å²) >= 11 is 4.83. The molecule has 0 aromatic carbocycles. The summed E-state index contributed by atoms with van der Waals surface area (Å²) in [7, 11) is 2.10. The Morgan fingerprint density at radius 2 is 2.36 bits per heavy atom. The minimum atomic E-state index is 0.488. The van der Waals surface area contributed by atoms with Gasteiger partial charge in [0.15, 0.2) is 0 Å². The summed E-state index contributed by atoms with van der Waals surface area (Å²) in [5.41, 5.74) is 5.44. The smallest absolute Gasteiger partial charge is 0.0740 e. The quantitative estimate of drug-likeness (QED) is 0.676. The number of rotatable bonds is 6. The second-order valence-corrected chi connectivity index (χ2v) is 4.47. The molecule has 0 amide bonds. The second kappa shape index (κ2) is 6.32. The molecule has 1 rings (SSSR count). The maximum Gasteiger partial charge on any atom is 0.0740 e. The summed E-state index contributed by atoms with van der Waals surface area (Å²) in [5, 5.41) is 0. The lowest BCUT2D eigenvalue weighted by molar-refractivity contribution is 0.0954. The van der Waals surface area contributed by atoms with Crippen molar-refractivity contribution in [2.75, 3.05) is 26.7 Å². The second-order valence-electron chi connectivity index (χ2n) is 3.94. The maximum atomic E-state index is 5.55. The van der Waals surface area contributed by atoms with E-state index < -0.39 is 0 Å². The Labute approximate surface area is 91.6 Å². The number of nitrogens with two attached hydrogens (primary N) is 1. The molecule has 4 heteroatoms. The average molecular weight is 216 g/mol. The monoisotopic (exact) mass is 216 g/mol. The molecule has 1 unspecified atom stereocenters. The molecule has 0 radical (unpaired) electrons. The van der Waals surface area contributed by atoms with Crippen LogP contribution in [0.3, 0.4) is 0 Å². The molecule has 1 saturated heterocycles. The summed E-state index contributed by atoms with van der Waals surface area (Å²) in [5.74, 6) is 0. The molecule has 1 fully saturated rings. The largest absolute Gasteiger partial charge is 0.393 e. The summed E-state index contributed by atoms with van der Waals surface area (Å²) in [6.45, 7) is 2.98. The van der Waals surface area contributed by atoms with Crippen LogP contribution in [0.1, 0.15) is 25.7 Å². The van der Waals surface area contributed by atoms with Gasteiger partial charge in [-0.15, -0.1) is 0 Å². The van der Waals surface area contributed by atoms with Gasteiger partial charge in [-0.05, 0) is 26.3 Å². The van der Waals surface area contributed by atoms with Crippen LogP contribution in [0.25, 0.3) is 0 Å². The molecular weight excluding hydrogens is 196 g/mol. The van der Waals surface area contributed by atoms with Crippen LogP contribution in [0.2, 0.25) is 0 Å². The van der Waals surface area contributed by atoms with E-state index in [9.17, 15) is 0 Å². The van der Waals surface area contributed by atoms with Gasteiger partial charge in [0.1, 0.15) is 0 Å². The molecule has 1 heterocycles. The van der Waals surface area contributed by atoms with Gasteiger partial charge in [-0.1, -0.05) is 12.2 Å². The van der Waals surface area contributed by atoms with E-state index in [4.69, 9.17) is 22.7 Å². The predicted octanol–water partition coefficient (Wildman–Crippen LogP) is 1.16. The van der Waals surface area contributed by atoms with E-state index in [1.165, 1.54) is 12.8 Å². The number of nitrogens with zero attached hydrogens (tertiary/aromatic N) is 1. The zero-order valence-electron chi connectivity index (χ0n) is 8.87. The van der Waals surface area contributed by atoms with E-state index in [2.05, 4.69) is 11.9 Å². The van der Waals surface area contributed by atoms with Crippen molar-refractivity contribution in [2.45, 2.75) is 31.8 Å². The fourth-order valence-electron chi connectivity index (χ4n) is 1.65. The first kappa shape index (κ1) is 11.9. The van der Waals surface area contributed by atoms with Gasteiger partial charge in [0.05, 0.1) is 11.1 Å². The fourth-order valence-corrected chi connectivity index (χ4v) is 1.74. The topological polar surface area (TPSA) is 38.5 Å². The third-order valence-corrected chi connectivity index (χ3v) is 2.80. The third-order valence-electron chi connectivity index (χ3n) is 2.60. The Morgan fingerprint density at radius 3 is 2.93 bits per heavy atom. The summed E-state index contributed by atoms with van der Waals surface area (Å²) in [6, 6.07) is 0. The lowest BCUT2D eigenvalue weighted by Gasteiger charge is -2.18. The number of hydrogen-bond acceptors (Lipinski definition) is 3. The Hall–Kier alpha value is -0.190. The van der Waals surface area contributed by atoms with Crippen molar-refractivity contribution in [1.29, 1.82) is 0 Å². The van der Waals surface area contributed by atoms with Crippen molar-refractivity contribution in [3.63, 3.8) is 0 Å². The van der Waals surface area contributed by atoms with Crippen molar-refractivity contribution < 1.29 is 4.74 Å². The van der Waals surface area contributed by atoms with E-state index in [0.717, 1.165) is 32.5 Å². The molecule has 14 heavy (non-hydrogen) atoms. The Bertz CT molecular complexity index is 181. The minimum Gasteiger partial charge on any atom is -0.393 e. The summed E-state index contributed by atoms with van der Waals surface area (Å²) in [6.07, 6.45) is 4.89. The van der Waals surface area contributed by atoms with Gasteiger partial charge in [0, 0.05) is 26.1 Å². The molecule has 1 aliphatic rings. The Kier molecular flexibility index (Phi) is 5.37. The first-order chi connectivity index (χ1) is 6.68. The van der Waals surface area contributed by atoms with Crippen LogP contribution < -0.4 is 5.73 Å². The molecule has 2 N–H and O–H groups in total. The van der Waals surface area contributed by atoms with Crippen LogP contribution in [-0.2, 0) is 4.74 Å². The lowest BCUT2D eigenvalue weighted by Crippen LogP contribution is -2.26. The highest BCUT2D eigenvalue weighted by atomic mass is 32.1. The number of ether oxygens (including phenoxy) is 1. The van der Waals surface area contributed by atoms with Crippen molar-refractivity contribution in [1.82, 2.24) is 4.90 Å². The summed E-state index contributed by atoms with van der Waals surface area (Å²) < 4.78 is 5.55. The molecule has 82 valence electrons. The van der Waals surface area contributed by atoms with Gasteiger partial charge >= 0.3 is 0 Å². The molecule has 0 aromatic heterocycles. The number of hydrogen-bond donors (Lipinski definition) is 1. The van der Waals surface area contributed by atoms with Gasteiger partial charge < -0.3 is 15.4 Å². The van der Waals surface area contributed by atoms with E-state index in [0.29, 0.717) is 11.1 Å². The highest BCUT2D eigenvalue weighted by Gasteiger charge is 2.15. The molecule has 0 bridgehead atoms. The van der Waals surface area contributed by atoms with Crippen LogP contribution in [0.5, 0.6) is 0 Å². The normalized spacial score (nSPS) is 21.7. The van der Waals surface area contributed by atoms with Gasteiger partial charge in [-0.25, -0.2) is 0 Å². The van der Waals surface area contributed by atoms with Gasteiger partial charge in [0.25, 0.3) is 0 Å². The van der Waals surface area contributed by atoms with E-state index in [1.807, 2.05) is 0 Å². The van der Waals surface area contributed by atoms with Crippen molar-refractivity contribution in [2.24, 2.45) is 5.73 Å². The SMILES string of the molecule is CN(CCC(N)=S)CCC1CCCO1.